The maximum atomic E-state index is 13.8. The Kier molecular flexibility index (Phi) is 5.46. The van der Waals surface area contributed by atoms with Crippen LogP contribution in [0.3, 0.4) is 0 Å². The smallest absolute Gasteiger partial charge is 0.295 e. The van der Waals surface area contributed by atoms with E-state index in [1.165, 1.54) is 12.1 Å². The molecule has 0 unspecified atom stereocenters. The van der Waals surface area contributed by atoms with Gasteiger partial charge in [0, 0.05) is 31.7 Å². The maximum absolute atomic E-state index is 13.8. The topological polar surface area (TPSA) is 95.8 Å². The van der Waals surface area contributed by atoms with Crippen LogP contribution in [-0.2, 0) is 9.59 Å². The highest BCUT2D eigenvalue weighted by atomic mass is 19.1. The summed E-state index contributed by atoms with van der Waals surface area (Å²) in [4.78, 5) is 35.9. The molecule has 1 aliphatic rings. The Morgan fingerprint density at radius 2 is 2.04 bits per heavy atom. The number of piperazine rings is 1. The molecule has 1 heterocycles. The first-order valence-electron chi connectivity index (χ1n) is 7.28. The van der Waals surface area contributed by atoms with E-state index in [-0.39, 0.29) is 23.7 Å². The number of nitrogens with zero attached hydrogens (tertiary/aromatic N) is 3. The number of carbonyl (C=O) groups excluding carboxylic acids is 2. The number of anilines is 1. The number of nitrogens with one attached hydrogen (secondary N) is 1. The number of rotatable bonds is 6. The van der Waals surface area contributed by atoms with Crippen molar-refractivity contribution in [2.24, 2.45) is 0 Å². The normalized spacial score (nSPS) is 14.2. The van der Waals surface area contributed by atoms with E-state index in [2.05, 4.69) is 11.9 Å². The summed E-state index contributed by atoms with van der Waals surface area (Å²) in [5.74, 6) is -0.920. The summed E-state index contributed by atoms with van der Waals surface area (Å²) in [6, 6.07) is 2.28. The van der Waals surface area contributed by atoms with Gasteiger partial charge in [0.25, 0.3) is 5.69 Å². The summed E-state index contributed by atoms with van der Waals surface area (Å²) in [5.41, 5.74) is 0.166. The SMILES string of the molecule is C=Cc1cc(N2CCN(C(=O)CNC=O)CC2)c([N+](=O)[O-])cc1F. The van der Waals surface area contributed by atoms with Gasteiger partial charge in [-0.2, -0.15) is 0 Å². The van der Waals surface area contributed by atoms with Gasteiger partial charge in [0.2, 0.25) is 12.3 Å². The lowest BCUT2D eigenvalue weighted by atomic mass is 10.1. The largest absolute Gasteiger partial charge is 0.362 e. The van der Waals surface area contributed by atoms with Crippen molar-refractivity contribution < 1.29 is 18.9 Å². The fraction of sp³-hybridized carbons (Fsp3) is 0.333. The lowest BCUT2D eigenvalue weighted by Gasteiger charge is -2.35. The van der Waals surface area contributed by atoms with Gasteiger partial charge in [-0.3, -0.25) is 19.7 Å². The van der Waals surface area contributed by atoms with Crippen LogP contribution >= 0.6 is 0 Å². The second kappa shape index (κ2) is 7.53. The predicted molar refractivity (Wildman–Crippen MR) is 86.0 cm³/mol. The molecule has 0 aliphatic carbocycles. The molecule has 0 bridgehead atoms. The highest BCUT2D eigenvalue weighted by Crippen LogP contribution is 2.32. The van der Waals surface area contributed by atoms with E-state index < -0.39 is 10.7 Å². The molecule has 2 rings (SSSR count). The Balaban J connectivity index is 2.16. The van der Waals surface area contributed by atoms with Crippen LogP contribution in [0.4, 0.5) is 15.8 Å². The van der Waals surface area contributed by atoms with E-state index >= 15 is 0 Å². The van der Waals surface area contributed by atoms with Crippen molar-refractivity contribution in [3.05, 3.63) is 40.2 Å². The quantitative estimate of drug-likeness (QED) is 0.470. The maximum Gasteiger partial charge on any atom is 0.295 e. The van der Waals surface area contributed by atoms with E-state index in [4.69, 9.17) is 0 Å². The van der Waals surface area contributed by atoms with E-state index in [1.807, 2.05) is 0 Å². The molecule has 1 saturated heterocycles. The average Bonchev–Trinajstić information content (AvgIpc) is 2.59. The van der Waals surface area contributed by atoms with Gasteiger partial charge in [-0.1, -0.05) is 12.7 Å². The molecule has 0 atom stereocenters. The molecule has 0 radical (unpaired) electrons. The summed E-state index contributed by atoms with van der Waals surface area (Å²) in [5, 5.41) is 13.5. The Morgan fingerprint density at radius 1 is 1.38 bits per heavy atom. The van der Waals surface area contributed by atoms with Crippen molar-refractivity contribution in [2.45, 2.75) is 0 Å². The highest BCUT2D eigenvalue weighted by Gasteiger charge is 2.27. The highest BCUT2D eigenvalue weighted by molar-refractivity contribution is 5.80. The minimum atomic E-state index is -0.700. The Hall–Kier alpha value is -2.97. The van der Waals surface area contributed by atoms with Gasteiger partial charge in [-0.15, -0.1) is 0 Å². The van der Waals surface area contributed by atoms with Crippen LogP contribution in [0.1, 0.15) is 5.56 Å². The summed E-state index contributed by atoms with van der Waals surface area (Å²) in [6.07, 6.45) is 1.75. The second-order valence-corrected chi connectivity index (χ2v) is 5.19. The lowest BCUT2D eigenvalue weighted by Crippen LogP contribution is -2.50. The molecule has 2 amide bonds. The summed E-state index contributed by atoms with van der Waals surface area (Å²) < 4.78 is 13.8. The molecule has 1 fully saturated rings. The average molecular weight is 336 g/mol. The van der Waals surface area contributed by atoms with E-state index in [1.54, 1.807) is 9.80 Å². The number of hydrogen-bond acceptors (Lipinski definition) is 5. The van der Waals surface area contributed by atoms with Gasteiger partial charge in [-0.05, 0) is 6.07 Å². The van der Waals surface area contributed by atoms with Crippen molar-refractivity contribution in [1.29, 1.82) is 0 Å². The molecule has 9 heteroatoms. The molecule has 0 saturated carbocycles. The van der Waals surface area contributed by atoms with Gasteiger partial charge in [0.05, 0.1) is 17.5 Å². The summed E-state index contributed by atoms with van der Waals surface area (Å²) >= 11 is 0. The first-order valence-corrected chi connectivity index (χ1v) is 7.28. The van der Waals surface area contributed by atoms with Crippen LogP contribution in [0.2, 0.25) is 0 Å². The first-order chi connectivity index (χ1) is 11.5. The molecule has 1 aromatic carbocycles. The molecule has 1 N–H and O–H groups in total. The first kappa shape index (κ1) is 17.4. The molecule has 8 nitrogen and oxygen atoms in total. The molecule has 0 aromatic heterocycles. The fourth-order valence-electron chi connectivity index (χ4n) is 2.56. The van der Waals surface area contributed by atoms with E-state index in [0.717, 1.165) is 6.07 Å². The third-order valence-corrected chi connectivity index (χ3v) is 3.82. The predicted octanol–water partition coefficient (Wildman–Crippen LogP) is 0.772. The number of halogens is 1. The fourth-order valence-corrected chi connectivity index (χ4v) is 2.56. The minimum absolute atomic E-state index is 0.0825. The Bertz CT molecular complexity index is 672. The zero-order valence-electron chi connectivity index (χ0n) is 12.9. The Labute approximate surface area is 137 Å². The van der Waals surface area contributed by atoms with Crippen LogP contribution in [0.5, 0.6) is 0 Å². The number of benzene rings is 1. The molecule has 24 heavy (non-hydrogen) atoms. The third kappa shape index (κ3) is 3.67. The standard InChI is InChI=1S/C15H17FN4O4/c1-2-11-7-13(14(20(23)24)8-12(11)16)18-3-5-19(6-4-18)15(22)9-17-10-21/h2,7-8,10H,1,3-6,9H2,(H,17,21). The van der Waals surface area contributed by atoms with Crippen LogP contribution < -0.4 is 10.2 Å². The number of nitro groups is 1. The van der Waals surface area contributed by atoms with Crippen molar-refractivity contribution in [3.8, 4) is 0 Å². The van der Waals surface area contributed by atoms with Crippen LogP contribution in [0.15, 0.2) is 18.7 Å². The Morgan fingerprint density at radius 3 is 2.58 bits per heavy atom. The van der Waals surface area contributed by atoms with Gasteiger partial charge in [0.1, 0.15) is 11.5 Å². The zero-order valence-corrected chi connectivity index (χ0v) is 12.9. The van der Waals surface area contributed by atoms with Crippen molar-refractivity contribution >= 4 is 29.8 Å². The minimum Gasteiger partial charge on any atom is -0.362 e. The van der Waals surface area contributed by atoms with E-state index in [9.17, 15) is 24.1 Å². The number of hydrogen-bond donors (Lipinski definition) is 1. The van der Waals surface area contributed by atoms with Crippen molar-refractivity contribution in [1.82, 2.24) is 10.2 Å². The third-order valence-electron chi connectivity index (χ3n) is 3.82. The van der Waals surface area contributed by atoms with Crippen LogP contribution in [0, 0.1) is 15.9 Å². The molecule has 128 valence electrons. The lowest BCUT2D eigenvalue weighted by molar-refractivity contribution is -0.384. The van der Waals surface area contributed by atoms with Gasteiger partial charge < -0.3 is 15.1 Å². The number of amides is 2. The van der Waals surface area contributed by atoms with Gasteiger partial charge >= 0.3 is 0 Å². The van der Waals surface area contributed by atoms with Gasteiger partial charge in [-0.25, -0.2) is 4.39 Å². The van der Waals surface area contributed by atoms with Crippen molar-refractivity contribution in [2.75, 3.05) is 37.6 Å². The van der Waals surface area contributed by atoms with Crippen LogP contribution in [-0.4, -0.2) is 54.9 Å². The zero-order chi connectivity index (χ0) is 17.7. The molecular weight excluding hydrogens is 319 g/mol. The molecule has 1 aromatic rings. The second-order valence-electron chi connectivity index (χ2n) is 5.19. The van der Waals surface area contributed by atoms with Gasteiger partial charge in [0.15, 0.2) is 0 Å². The number of carbonyl (C=O) groups is 2. The molecule has 1 aliphatic heterocycles. The molecular formula is C15H17FN4O4. The van der Waals surface area contributed by atoms with Crippen molar-refractivity contribution in [3.63, 3.8) is 0 Å². The summed E-state index contributed by atoms with van der Waals surface area (Å²) in [7, 11) is 0. The summed E-state index contributed by atoms with van der Waals surface area (Å²) in [6.45, 7) is 4.88. The monoisotopic (exact) mass is 336 g/mol. The number of nitro benzene ring substituents is 1. The van der Waals surface area contributed by atoms with E-state index in [0.29, 0.717) is 38.3 Å². The molecule has 0 spiro atoms. The van der Waals surface area contributed by atoms with Crippen LogP contribution in [0.25, 0.3) is 6.08 Å².